The van der Waals surface area contributed by atoms with Gasteiger partial charge in [-0.25, -0.2) is 4.39 Å². The third-order valence-corrected chi connectivity index (χ3v) is 2.38. The van der Waals surface area contributed by atoms with Crippen molar-refractivity contribution in [1.82, 2.24) is 10.2 Å². The predicted molar refractivity (Wildman–Crippen MR) is 70.5 cm³/mol. The molecule has 0 aliphatic rings. The van der Waals surface area contributed by atoms with Crippen LogP contribution in [-0.2, 0) is 0 Å². The summed E-state index contributed by atoms with van der Waals surface area (Å²) in [5.74, 6) is -0.404. The van der Waals surface area contributed by atoms with Crippen LogP contribution in [0.4, 0.5) is 15.9 Å². The smallest absolute Gasteiger partial charge is 0.276 e. The highest BCUT2D eigenvalue weighted by molar-refractivity contribution is 6.02. The average molecular weight is 260 g/mol. The van der Waals surface area contributed by atoms with Gasteiger partial charge in [-0.2, -0.15) is 0 Å². The van der Waals surface area contributed by atoms with Crippen molar-refractivity contribution in [2.24, 2.45) is 0 Å². The summed E-state index contributed by atoms with van der Waals surface area (Å²) in [6, 6.07) is 9.12. The first-order valence-electron chi connectivity index (χ1n) is 5.84. The van der Waals surface area contributed by atoms with Gasteiger partial charge < -0.3 is 10.6 Å². The van der Waals surface area contributed by atoms with Gasteiger partial charge in [0.15, 0.2) is 5.69 Å². The van der Waals surface area contributed by atoms with Gasteiger partial charge in [0.2, 0.25) is 0 Å². The van der Waals surface area contributed by atoms with Crippen molar-refractivity contribution in [2.75, 3.05) is 17.2 Å². The topological polar surface area (TPSA) is 66.9 Å². The van der Waals surface area contributed by atoms with Crippen LogP contribution in [0.5, 0.6) is 0 Å². The third kappa shape index (κ3) is 3.25. The Hall–Kier alpha value is -2.50. The molecular formula is C13H13FN4O. The van der Waals surface area contributed by atoms with Gasteiger partial charge in [-0.1, -0.05) is 12.1 Å². The Bertz CT molecular complexity index is 571. The van der Waals surface area contributed by atoms with E-state index in [1.807, 2.05) is 6.92 Å². The number of para-hydroxylation sites is 1. The molecule has 1 heterocycles. The van der Waals surface area contributed by atoms with E-state index in [4.69, 9.17) is 0 Å². The molecule has 0 unspecified atom stereocenters. The van der Waals surface area contributed by atoms with Gasteiger partial charge in [-0.05, 0) is 31.2 Å². The highest BCUT2D eigenvalue weighted by atomic mass is 19.1. The van der Waals surface area contributed by atoms with E-state index in [1.165, 1.54) is 18.2 Å². The number of amides is 1. The van der Waals surface area contributed by atoms with Crippen molar-refractivity contribution in [3.8, 4) is 0 Å². The standard InChI is InChI=1S/C13H13FN4O/c1-2-15-12-8-7-11(17-18-12)13(19)16-10-6-4-3-5-9(10)14/h3-8H,2H2,1H3,(H,15,18)(H,16,19). The number of rotatable bonds is 4. The summed E-state index contributed by atoms with van der Waals surface area (Å²) in [4.78, 5) is 11.8. The molecule has 2 aromatic rings. The van der Waals surface area contributed by atoms with Crippen LogP contribution in [-0.4, -0.2) is 22.6 Å². The summed E-state index contributed by atoms with van der Waals surface area (Å²) in [5.41, 5.74) is 0.245. The van der Waals surface area contributed by atoms with Crippen LogP contribution in [0.2, 0.25) is 0 Å². The molecule has 0 saturated carbocycles. The maximum atomic E-state index is 13.4. The van der Waals surface area contributed by atoms with E-state index in [1.54, 1.807) is 18.2 Å². The molecule has 0 saturated heterocycles. The number of nitrogens with zero attached hydrogens (tertiary/aromatic N) is 2. The van der Waals surface area contributed by atoms with E-state index in [0.717, 1.165) is 6.54 Å². The number of carbonyl (C=O) groups is 1. The first-order chi connectivity index (χ1) is 9.20. The Balaban J connectivity index is 2.10. The number of carbonyl (C=O) groups excluding carboxylic acids is 1. The molecule has 1 aromatic heterocycles. The van der Waals surface area contributed by atoms with Crippen LogP contribution in [0.1, 0.15) is 17.4 Å². The van der Waals surface area contributed by atoms with Crippen LogP contribution in [0.25, 0.3) is 0 Å². The third-order valence-electron chi connectivity index (χ3n) is 2.38. The van der Waals surface area contributed by atoms with Crippen molar-refractivity contribution in [2.45, 2.75) is 6.92 Å². The molecule has 0 aliphatic carbocycles. The zero-order chi connectivity index (χ0) is 13.7. The van der Waals surface area contributed by atoms with E-state index >= 15 is 0 Å². The molecule has 1 aromatic carbocycles. The van der Waals surface area contributed by atoms with Crippen molar-refractivity contribution < 1.29 is 9.18 Å². The Morgan fingerprint density at radius 2 is 2.00 bits per heavy atom. The maximum absolute atomic E-state index is 13.4. The van der Waals surface area contributed by atoms with Crippen LogP contribution < -0.4 is 10.6 Å². The van der Waals surface area contributed by atoms with E-state index < -0.39 is 11.7 Å². The second-order valence-corrected chi connectivity index (χ2v) is 3.77. The second kappa shape index (κ2) is 5.90. The molecule has 5 nitrogen and oxygen atoms in total. The lowest BCUT2D eigenvalue weighted by Gasteiger charge is -2.06. The predicted octanol–water partition coefficient (Wildman–Crippen LogP) is 2.30. The van der Waals surface area contributed by atoms with Gasteiger partial charge in [-0.3, -0.25) is 4.79 Å². The zero-order valence-corrected chi connectivity index (χ0v) is 10.4. The molecule has 2 rings (SSSR count). The summed E-state index contributed by atoms with van der Waals surface area (Å²) >= 11 is 0. The number of halogens is 1. The summed E-state index contributed by atoms with van der Waals surface area (Å²) in [5, 5.41) is 13.0. The highest BCUT2D eigenvalue weighted by Crippen LogP contribution is 2.13. The Morgan fingerprint density at radius 3 is 2.63 bits per heavy atom. The summed E-state index contributed by atoms with van der Waals surface area (Å²) < 4.78 is 13.4. The molecule has 98 valence electrons. The molecule has 6 heteroatoms. The van der Waals surface area contributed by atoms with Crippen LogP contribution >= 0.6 is 0 Å². The number of benzene rings is 1. The van der Waals surface area contributed by atoms with Crippen LogP contribution in [0.15, 0.2) is 36.4 Å². The Labute approximate surface area is 109 Å². The van der Waals surface area contributed by atoms with Crippen molar-refractivity contribution in [3.63, 3.8) is 0 Å². The van der Waals surface area contributed by atoms with E-state index in [-0.39, 0.29) is 11.4 Å². The SMILES string of the molecule is CCNc1ccc(C(=O)Nc2ccccc2F)nn1. The van der Waals surface area contributed by atoms with Crippen molar-refractivity contribution >= 4 is 17.4 Å². The molecule has 0 radical (unpaired) electrons. The molecule has 0 bridgehead atoms. The van der Waals surface area contributed by atoms with Gasteiger partial charge in [0.25, 0.3) is 5.91 Å². The fourth-order valence-corrected chi connectivity index (χ4v) is 1.48. The maximum Gasteiger partial charge on any atom is 0.276 e. The lowest BCUT2D eigenvalue weighted by atomic mass is 10.3. The summed E-state index contributed by atoms with van der Waals surface area (Å²) in [7, 11) is 0. The molecule has 0 fully saturated rings. The number of anilines is 2. The van der Waals surface area contributed by atoms with E-state index in [9.17, 15) is 9.18 Å². The van der Waals surface area contributed by atoms with E-state index in [0.29, 0.717) is 5.82 Å². The van der Waals surface area contributed by atoms with Gasteiger partial charge in [0.05, 0.1) is 5.69 Å². The van der Waals surface area contributed by atoms with Crippen LogP contribution in [0, 0.1) is 5.82 Å². The largest absolute Gasteiger partial charge is 0.369 e. The highest BCUT2D eigenvalue weighted by Gasteiger charge is 2.10. The fraction of sp³-hybridized carbons (Fsp3) is 0.154. The van der Waals surface area contributed by atoms with Crippen molar-refractivity contribution in [3.05, 3.63) is 47.9 Å². The number of nitrogens with one attached hydrogen (secondary N) is 2. The quantitative estimate of drug-likeness (QED) is 0.885. The lowest BCUT2D eigenvalue weighted by Crippen LogP contribution is -2.15. The Kier molecular flexibility index (Phi) is 4.02. The average Bonchev–Trinajstić information content (AvgIpc) is 2.42. The van der Waals surface area contributed by atoms with Crippen LogP contribution in [0.3, 0.4) is 0 Å². The second-order valence-electron chi connectivity index (χ2n) is 3.77. The Morgan fingerprint density at radius 1 is 1.21 bits per heavy atom. The van der Waals surface area contributed by atoms with Gasteiger partial charge in [0.1, 0.15) is 11.6 Å². The molecule has 2 N–H and O–H groups in total. The molecule has 1 amide bonds. The van der Waals surface area contributed by atoms with E-state index in [2.05, 4.69) is 20.8 Å². The minimum Gasteiger partial charge on any atom is -0.369 e. The molecular weight excluding hydrogens is 247 g/mol. The summed E-state index contributed by atoms with van der Waals surface area (Å²) in [6.45, 7) is 2.65. The first-order valence-corrected chi connectivity index (χ1v) is 5.84. The van der Waals surface area contributed by atoms with Gasteiger partial charge >= 0.3 is 0 Å². The molecule has 0 atom stereocenters. The molecule has 0 spiro atoms. The number of hydrogen-bond donors (Lipinski definition) is 2. The lowest BCUT2D eigenvalue weighted by molar-refractivity contribution is 0.102. The minimum atomic E-state index is -0.499. The summed E-state index contributed by atoms with van der Waals surface area (Å²) in [6.07, 6.45) is 0. The first kappa shape index (κ1) is 12.9. The monoisotopic (exact) mass is 260 g/mol. The zero-order valence-electron chi connectivity index (χ0n) is 10.4. The van der Waals surface area contributed by atoms with Crippen molar-refractivity contribution in [1.29, 1.82) is 0 Å². The van der Waals surface area contributed by atoms with Gasteiger partial charge in [0, 0.05) is 6.54 Å². The molecule has 19 heavy (non-hydrogen) atoms. The minimum absolute atomic E-state index is 0.116. The normalized spacial score (nSPS) is 10.0. The number of hydrogen-bond acceptors (Lipinski definition) is 4. The van der Waals surface area contributed by atoms with Gasteiger partial charge in [-0.15, -0.1) is 10.2 Å². The fourth-order valence-electron chi connectivity index (χ4n) is 1.48. The molecule has 0 aliphatic heterocycles. The number of aromatic nitrogens is 2.